The molecule has 0 radical (unpaired) electrons. The van der Waals surface area contributed by atoms with E-state index in [1.54, 1.807) is 22.1 Å². The van der Waals surface area contributed by atoms with Crippen LogP contribution >= 0.6 is 22.9 Å². The lowest BCUT2D eigenvalue weighted by Crippen LogP contribution is -2.43. The molecule has 1 amide bonds. The van der Waals surface area contributed by atoms with Crippen molar-refractivity contribution in [2.24, 2.45) is 5.92 Å². The van der Waals surface area contributed by atoms with Gasteiger partial charge < -0.3 is 10.2 Å². The Morgan fingerprint density at radius 1 is 1.27 bits per heavy atom. The average Bonchev–Trinajstić information content (AvgIpc) is 3.39. The van der Waals surface area contributed by atoms with Crippen LogP contribution in [0.2, 0.25) is 5.02 Å². The molecule has 4 aromatic rings. The Balaban J connectivity index is 1.32. The van der Waals surface area contributed by atoms with E-state index in [4.69, 9.17) is 16.6 Å². The fourth-order valence-electron chi connectivity index (χ4n) is 4.15. The summed E-state index contributed by atoms with van der Waals surface area (Å²) in [6.45, 7) is 3.89. The first-order valence-electron chi connectivity index (χ1n) is 10.9. The van der Waals surface area contributed by atoms with E-state index in [1.165, 1.54) is 12.1 Å². The van der Waals surface area contributed by atoms with Gasteiger partial charge in [0.25, 0.3) is 0 Å². The van der Waals surface area contributed by atoms with E-state index in [2.05, 4.69) is 15.3 Å². The molecule has 6 nitrogen and oxygen atoms in total. The van der Waals surface area contributed by atoms with Crippen molar-refractivity contribution in [3.8, 4) is 5.69 Å². The topological polar surface area (TPSA) is 63.1 Å². The molecule has 9 heteroatoms. The van der Waals surface area contributed by atoms with Crippen LogP contribution < -0.4 is 10.2 Å². The van der Waals surface area contributed by atoms with E-state index >= 15 is 0 Å². The summed E-state index contributed by atoms with van der Waals surface area (Å²) in [7, 11) is 0. The number of halogens is 2. The van der Waals surface area contributed by atoms with Gasteiger partial charge in [0.1, 0.15) is 5.82 Å². The van der Waals surface area contributed by atoms with Crippen LogP contribution in [0.3, 0.4) is 0 Å². The van der Waals surface area contributed by atoms with Crippen molar-refractivity contribution in [2.75, 3.05) is 18.0 Å². The zero-order valence-corrected chi connectivity index (χ0v) is 19.7. The zero-order chi connectivity index (χ0) is 22.9. The Morgan fingerprint density at radius 2 is 2.09 bits per heavy atom. The van der Waals surface area contributed by atoms with E-state index in [0.717, 1.165) is 40.5 Å². The van der Waals surface area contributed by atoms with Gasteiger partial charge in [-0.1, -0.05) is 41.1 Å². The monoisotopic (exact) mass is 483 g/mol. The van der Waals surface area contributed by atoms with E-state index in [1.807, 2.05) is 37.3 Å². The van der Waals surface area contributed by atoms with Crippen molar-refractivity contribution < 1.29 is 9.18 Å². The molecule has 1 N–H and O–H groups in total. The van der Waals surface area contributed by atoms with Crippen LogP contribution in [-0.2, 0) is 11.3 Å². The molecule has 1 aliphatic rings. The summed E-state index contributed by atoms with van der Waals surface area (Å²) in [5.41, 5.74) is 3.23. The van der Waals surface area contributed by atoms with Crippen LogP contribution in [0.25, 0.3) is 16.0 Å². The molecule has 0 saturated carbocycles. The van der Waals surface area contributed by atoms with Crippen molar-refractivity contribution in [1.82, 2.24) is 20.1 Å². The third kappa shape index (κ3) is 4.58. The average molecular weight is 484 g/mol. The van der Waals surface area contributed by atoms with Crippen LogP contribution in [0.15, 0.2) is 48.5 Å². The molecule has 0 aliphatic carbocycles. The van der Waals surface area contributed by atoms with E-state index < -0.39 is 0 Å². The molecule has 0 bridgehead atoms. The predicted octanol–water partition coefficient (Wildman–Crippen LogP) is 5.12. The zero-order valence-electron chi connectivity index (χ0n) is 18.1. The number of nitrogens with zero attached hydrogens (tertiary/aromatic N) is 4. The minimum atomic E-state index is -0.312. The van der Waals surface area contributed by atoms with Gasteiger partial charge in [0.15, 0.2) is 10.8 Å². The molecule has 1 atom stereocenters. The van der Waals surface area contributed by atoms with Gasteiger partial charge in [0.05, 0.1) is 22.0 Å². The molecule has 2 aromatic heterocycles. The summed E-state index contributed by atoms with van der Waals surface area (Å²) in [6, 6.07) is 13.8. The molecule has 3 heterocycles. The number of fused-ring (bicyclic) bond motifs is 1. The van der Waals surface area contributed by atoms with Gasteiger partial charge in [-0.25, -0.2) is 9.07 Å². The number of carbonyl (C=O) groups excluding carboxylic acids is 1. The van der Waals surface area contributed by atoms with Crippen molar-refractivity contribution in [3.05, 3.63) is 70.6 Å². The summed E-state index contributed by atoms with van der Waals surface area (Å²) in [5, 5.41) is 9.15. The van der Waals surface area contributed by atoms with Crippen LogP contribution in [0.5, 0.6) is 0 Å². The fraction of sp³-hybridized carbons (Fsp3) is 0.292. The maximum Gasteiger partial charge on any atom is 0.225 e. The summed E-state index contributed by atoms with van der Waals surface area (Å²) in [5.74, 6) is -0.357. The number of nitrogens with one attached hydrogen (secondary N) is 1. The third-order valence-electron chi connectivity index (χ3n) is 5.87. The standard InChI is InChI=1S/C24H23ClFN5OS/c1-15-21-22(31(29-15)20-6-2-5-19(26)12-20)28-24(33-21)30-11-3-4-17(14-30)23(32)27-13-16-7-9-18(25)10-8-16/h2,5-10,12,17H,3-4,11,13-14H2,1H3,(H,27,32)/t17-/m0/s1. The highest BCUT2D eigenvalue weighted by atomic mass is 35.5. The maximum atomic E-state index is 13.8. The first kappa shape index (κ1) is 21.9. The summed E-state index contributed by atoms with van der Waals surface area (Å²) in [4.78, 5) is 19.8. The normalized spacial score (nSPS) is 16.3. The van der Waals surface area contributed by atoms with Gasteiger partial charge in [0.2, 0.25) is 5.91 Å². The molecule has 5 rings (SSSR count). The summed E-state index contributed by atoms with van der Waals surface area (Å²) in [6.07, 6.45) is 1.77. The molecular weight excluding hydrogens is 461 g/mol. The van der Waals surface area contributed by atoms with Crippen molar-refractivity contribution >= 4 is 44.3 Å². The van der Waals surface area contributed by atoms with Crippen LogP contribution in [0, 0.1) is 18.7 Å². The number of aromatic nitrogens is 3. The van der Waals surface area contributed by atoms with Crippen molar-refractivity contribution in [2.45, 2.75) is 26.3 Å². The SMILES string of the molecule is Cc1nn(-c2cccc(F)c2)c2nc(N3CCC[C@H](C(=O)NCc4ccc(Cl)cc4)C3)sc12. The van der Waals surface area contributed by atoms with Crippen molar-refractivity contribution in [1.29, 1.82) is 0 Å². The molecule has 0 spiro atoms. The van der Waals surface area contributed by atoms with Gasteiger partial charge in [-0.05, 0) is 55.7 Å². The Morgan fingerprint density at radius 3 is 2.88 bits per heavy atom. The van der Waals surface area contributed by atoms with E-state index in [0.29, 0.717) is 29.4 Å². The Kier molecular flexibility index (Phi) is 6.03. The number of hydrogen-bond acceptors (Lipinski definition) is 5. The largest absolute Gasteiger partial charge is 0.352 e. The van der Waals surface area contributed by atoms with Crippen LogP contribution in [-0.4, -0.2) is 33.8 Å². The van der Waals surface area contributed by atoms with E-state index in [-0.39, 0.29) is 17.6 Å². The highest BCUT2D eigenvalue weighted by Gasteiger charge is 2.28. The number of amides is 1. The van der Waals surface area contributed by atoms with Crippen molar-refractivity contribution in [3.63, 3.8) is 0 Å². The molecule has 170 valence electrons. The summed E-state index contributed by atoms with van der Waals surface area (Å²) >= 11 is 7.50. The highest BCUT2D eigenvalue weighted by Crippen LogP contribution is 2.34. The highest BCUT2D eigenvalue weighted by molar-refractivity contribution is 7.22. The van der Waals surface area contributed by atoms with Gasteiger partial charge in [-0.3, -0.25) is 4.79 Å². The quantitative estimate of drug-likeness (QED) is 0.428. The second kappa shape index (κ2) is 9.11. The van der Waals surface area contributed by atoms with Gasteiger partial charge in [0, 0.05) is 24.7 Å². The van der Waals surface area contributed by atoms with Gasteiger partial charge in [-0.2, -0.15) is 10.1 Å². The lowest BCUT2D eigenvalue weighted by atomic mass is 9.97. The fourth-order valence-corrected chi connectivity index (χ4v) is 5.29. The maximum absolute atomic E-state index is 13.8. The molecule has 2 aromatic carbocycles. The first-order valence-corrected chi connectivity index (χ1v) is 12.1. The number of thiazole rings is 1. The second-order valence-electron chi connectivity index (χ2n) is 8.26. The molecule has 1 aliphatic heterocycles. The smallest absolute Gasteiger partial charge is 0.225 e. The second-order valence-corrected chi connectivity index (χ2v) is 9.67. The van der Waals surface area contributed by atoms with Gasteiger partial charge in [-0.15, -0.1) is 0 Å². The number of aryl methyl sites for hydroxylation is 1. The Hall–Kier alpha value is -2.97. The van der Waals surface area contributed by atoms with E-state index in [9.17, 15) is 9.18 Å². The third-order valence-corrected chi connectivity index (χ3v) is 7.34. The van der Waals surface area contributed by atoms with Crippen LogP contribution in [0.1, 0.15) is 24.1 Å². The molecular formula is C24H23ClFN5OS. The molecule has 0 unspecified atom stereocenters. The number of anilines is 1. The minimum absolute atomic E-state index is 0.0536. The molecule has 1 fully saturated rings. The first-order chi connectivity index (χ1) is 16.0. The predicted molar refractivity (Wildman–Crippen MR) is 130 cm³/mol. The lowest BCUT2D eigenvalue weighted by Gasteiger charge is -2.31. The van der Waals surface area contributed by atoms with Crippen LogP contribution in [0.4, 0.5) is 9.52 Å². The van der Waals surface area contributed by atoms with Gasteiger partial charge >= 0.3 is 0 Å². The number of benzene rings is 2. The summed E-state index contributed by atoms with van der Waals surface area (Å²) < 4.78 is 16.4. The number of rotatable bonds is 5. The minimum Gasteiger partial charge on any atom is -0.352 e. The Labute approximate surface area is 200 Å². The lowest BCUT2D eigenvalue weighted by molar-refractivity contribution is -0.125. The molecule has 33 heavy (non-hydrogen) atoms. The molecule has 1 saturated heterocycles. The number of piperidine rings is 1. The number of carbonyl (C=O) groups is 1. The Bertz CT molecular complexity index is 1300. The number of hydrogen-bond donors (Lipinski definition) is 1.